The van der Waals surface area contributed by atoms with Crippen molar-refractivity contribution in [2.45, 2.75) is 46.0 Å². The van der Waals surface area contributed by atoms with E-state index in [9.17, 15) is 9.90 Å². The van der Waals surface area contributed by atoms with Gasteiger partial charge in [0, 0.05) is 6.20 Å². The molecule has 0 radical (unpaired) electrons. The Hall–Kier alpha value is -2.82. The largest absolute Gasteiger partial charge is 0.507 e. The summed E-state index contributed by atoms with van der Waals surface area (Å²) in [6, 6.07) is 11.0. The molecule has 0 atom stereocenters. The maximum Gasteiger partial charge on any atom is 0.263 e. The zero-order valence-corrected chi connectivity index (χ0v) is 15.9. The second-order valence-electron chi connectivity index (χ2n) is 6.64. The van der Waals surface area contributed by atoms with Crippen molar-refractivity contribution >= 4 is 11.0 Å². The first-order valence-corrected chi connectivity index (χ1v) is 9.62. The number of benzene rings is 1. The molecule has 0 bridgehead atoms. The first kappa shape index (κ1) is 19.0. The van der Waals surface area contributed by atoms with E-state index in [1.165, 1.54) is 0 Å². The topological polar surface area (TPSA) is 64.3 Å². The summed E-state index contributed by atoms with van der Waals surface area (Å²) in [5.74, 6) is 0.829. The van der Waals surface area contributed by atoms with Crippen molar-refractivity contribution in [2.75, 3.05) is 6.61 Å². The Bertz CT molecular complexity index is 962. The number of rotatable bonds is 8. The molecule has 1 N–H and O–H groups in total. The van der Waals surface area contributed by atoms with Crippen LogP contribution in [-0.2, 0) is 6.42 Å². The lowest BCUT2D eigenvalue weighted by molar-refractivity contribution is 0.309. The summed E-state index contributed by atoms with van der Waals surface area (Å²) < 4.78 is 7.29. The van der Waals surface area contributed by atoms with E-state index in [0.717, 1.165) is 31.4 Å². The van der Waals surface area contributed by atoms with Crippen LogP contribution in [0.25, 0.3) is 16.7 Å². The number of fused-ring (bicyclic) bond motifs is 1. The molecule has 5 nitrogen and oxygen atoms in total. The molecule has 3 aromatic rings. The molecule has 0 aliphatic heterocycles. The van der Waals surface area contributed by atoms with Crippen LogP contribution in [0.4, 0.5) is 0 Å². The van der Waals surface area contributed by atoms with Crippen molar-refractivity contribution < 1.29 is 9.84 Å². The van der Waals surface area contributed by atoms with Gasteiger partial charge in [0.2, 0.25) is 0 Å². The number of aromatic hydroxyl groups is 1. The SMILES string of the molecule is CCCCOc1ccc(-n2c(=O)c(CCCC)c(O)c3cccnc32)cc1. The number of hydrogen-bond acceptors (Lipinski definition) is 4. The molecule has 1 aromatic carbocycles. The molecule has 5 heteroatoms. The summed E-state index contributed by atoms with van der Waals surface area (Å²) in [7, 11) is 0. The van der Waals surface area contributed by atoms with Gasteiger partial charge in [-0.15, -0.1) is 0 Å². The van der Waals surface area contributed by atoms with Gasteiger partial charge in [-0.25, -0.2) is 4.98 Å². The summed E-state index contributed by atoms with van der Waals surface area (Å²) in [5.41, 5.74) is 1.40. The second kappa shape index (κ2) is 8.71. The van der Waals surface area contributed by atoms with Gasteiger partial charge in [-0.05, 0) is 55.7 Å². The van der Waals surface area contributed by atoms with E-state index in [1.807, 2.05) is 24.3 Å². The van der Waals surface area contributed by atoms with E-state index in [-0.39, 0.29) is 11.3 Å². The Morgan fingerprint density at radius 1 is 1.07 bits per heavy atom. The van der Waals surface area contributed by atoms with Gasteiger partial charge in [0.15, 0.2) is 5.65 Å². The van der Waals surface area contributed by atoms with E-state index >= 15 is 0 Å². The van der Waals surface area contributed by atoms with Crippen molar-refractivity contribution in [1.82, 2.24) is 9.55 Å². The molecule has 0 saturated carbocycles. The summed E-state index contributed by atoms with van der Waals surface area (Å²) in [4.78, 5) is 17.5. The lowest BCUT2D eigenvalue weighted by atomic mass is 10.1. The molecule has 0 saturated heterocycles. The molecule has 0 aliphatic rings. The van der Waals surface area contributed by atoms with Gasteiger partial charge in [-0.2, -0.15) is 0 Å². The summed E-state index contributed by atoms with van der Waals surface area (Å²) in [6.45, 7) is 4.87. The second-order valence-corrected chi connectivity index (χ2v) is 6.64. The average molecular weight is 366 g/mol. The van der Waals surface area contributed by atoms with E-state index < -0.39 is 0 Å². The number of pyridine rings is 2. The summed E-state index contributed by atoms with van der Waals surface area (Å²) in [5, 5.41) is 11.2. The first-order valence-electron chi connectivity index (χ1n) is 9.62. The van der Waals surface area contributed by atoms with Crippen LogP contribution < -0.4 is 10.3 Å². The van der Waals surface area contributed by atoms with Crippen LogP contribution in [-0.4, -0.2) is 21.3 Å². The standard InChI is InChI=1S/C22H26N2O3/c1-3-5-8-19-20(25)18-9-7-14-23-21(18)24(22(19)26)16-10-12-17(13-11-16)27-15-6-4-2/h7,9-14,25H,3-6,8,15H2,1-2H3. The monoisotopic (exact) mass is 366 g/mol. The molecule has 3 rings (SSSR count). The number of unbranched alkanes of at least 4 members (excludes halogenated alkanes) is 2. The van der Waals surface area contributed by atoms with Crippen LogP contribution in [0.2, 0.25) is 0 Å². The lowest BCUT2D eigenvalue weighted by Crippen LogP contribution is -2.23. The predicted molar refractivity (Wildman–Crippen MR) is 108 cm³/mol. The van der Waals surface area contributed by atoms with Gasteiger partial charge in [0.05, 0.1) is 23.2 Å². The minimum absolute atomic E-state index is 0.0484. The van der Waals surface area contributed by atoms with Gasteiger partial charge in [0.1, 0.15) is 11.5 Å². The Morgan fingerprint density at radius 2 is 1.81 bits per heavy atom. The molecule has 0 fully saturated rings. The van der Waals surface area contributed by atoms with Gasteiger partial charge >= 0.3 is 0 Å². The smallest absolute Gasteiger partial charge is 0.263 e. The summed E-state index contributed by atoms with van der Waals surface area (Å²) in [6.07, 6.45) is 6.07. The number of hydrogen-bond donors (Lipinski definition) is 1. The van der Waals surface area contributed by atoms with Crippen LogP contribution in [0.1, 0.15) is 45.1 Å². The first-order chi connectivity index (χ1) is 13.2. The van der Waals surface area contributed by atoms with E-state index in [2.05, 4.69) is 18.8 Å². The third kappa shape index (κ3) is 3.97. The highest BCUT2D eigenvalue weighted by atomic mass is 16.5. The van der Waals surface area contributed by atoms with Gasteiger partial charge in [-0.3, -0.25) is 9.36 Å². The fourth-order valence-corrected chi connectivity index (χ4v) is 3.10. The zero-order chi connectivity index (χ0) is 19.2. The maximum atomic E-state index is 13.1. The molecule has 0 aliphatic carbocycles. The zero-order valence-electron chi connectivity index (χ0n) is 15.9. The Labute approximate surface area is 159 Å². The third-order valence-electron chi connectivity index (χ3n) is 4.64. The maximum absolute atomic E-state index is 13.1. The van der Waals surface area contributed by atoms with E-state index in [0.29, 0.717) is 35.3 Å². The number of nitrogens with zero attached hydrogens (tertiary/aromatic N) is 2. The minimum atomic E-state index is -0.216. The molecule has 2 aromatic heterocycles. The average Bonchev–Trinajstić information content (AvgIpc) is 2.69. The summed E-state index contributed by atoms with van der Waals surface area (Å²) >= 11 is 0. The van der Waals surface area contributed by atoms with E-state index in [1.54, 1.807) is 22.9 Å². The minimum Gasteiger partial charge on any atom is -0.507 e. The highest BCUT2D eigenvalue weighted by Crippen LogP contribution is 2.28. The number of ether oxygens (including phenoxy) is 1. The molecular weight excluding hydrogens is 340 g/mol. The highest BCUT2D eigenvalue weighted by Gasteiger charge is 2.17. The van der Waals surface area contributed by atoms with Gasteiger partial charge in [-0.1, -0.05) is 26.7 Å². The van der Waals surface area contributed by atoms with E-state index in [4.69, 9.17) is 4.74 Å². The van der Waals surface area contributed by atoms with Gasteiger partial charge in [0.25, 0.3) is 5.56 Å². The van der Waals surface area contributed by atoms with Crippen LogP contribution in [0.5, 0.6) is 11.5 Å². The Morgan fingerprint density at radius 3 is 2.52 bits per heavy atom. The van der Waals surface area contributed by atoms with Crippen molar-refractivity contribution in [3.63, 3.8) is 0 Å². The molecule has 0 spiro atoms. The Kier molecular flexibility index (Phi) is 6.12. The fourth-order valence-electron chi connectivity index (χ4n) is 3.10. The van der Waals surface area contributed by atoms with Crippen molar-refractivity contribution in [3.05, 3.63) is 58.5 Å². The fraction of sp³-hybridized carbons (Fsp3) is 0.364. The van der Waals surface area contributed by atoms with Crippen LogP contribution >= 0.6 is 0 Å². The normalized spacial score (nSPS) is 11.0. The lowest BCUT2D eigenvalue weighted by Gasteiger charge is -2.14. The molecule has 2 heterocycles. The molecule has 142 valence electrons. The highest BCUT2D eigenvalue weighted by molar-refractivity contribution is 5.84. The number of aromatic nitrogens is 2. The predicted octanol–water partition coefficient (Wildman–Crippen LogP) is 4.61. The molecule has 27 heavy (non-hydrogen) atoms. The molecule has 0 unspecified atom stereocenters. The molecular formula is C22H26N2O3. The quantitative estimate of drug-likeness (QED) is 0.591. The van der Waals surface area contributed by atoms with Gasteiger partial charge < -0.3 is 9.84 Å². The molecule has 0 amide bonds. The van der Waals surface area contributed by atoms with Crippen molar-refractivity contribution in [1.29, 1.82) is 0 Å². The third-order valence-corrected chi connectivity index (χ3v) is 4.64. The van der Waals surface area contributed by atoms with Crippen molar-refractivity contribution in [2.24, 2.45) is 0 Å². The van der Waals surface area contributed by atoms with Crippen LogP contribution in [0.3, 0.4) is 0 Å². The van der Waals surface area contributed by atoms with Crippen molar-refractivity contribution in [3.8, 4) is 17.2 Å². The Balaban J connectivity index is 2.09. The van der Waals surface area contributed by atoms with Crippen LogP contribution in [0, 0.1) is 0 Å². The van der Waals surface area contributed by atoms with Crippen LogP contribution in [0.15, 0.2) is 47.4 Å².